The second-order valence-electron chi connectivity index (χ2n) is 6.11. The lowest BCUT2D eigenvalue weighted by Crippen LogP contribution is -2.22. The van der Waals surface area contributed by atoms with E-state index < -0.39 is 5.97 Å². The number of ether oxygens (including phenoxy) is 2. The molecule has 1 saturated heterocycles. The summed E-state index contributed by atoms with van der Waals surface area (Å²) >= 11 is 1.17. The van der Waals surface area contributed by atoms with E-state index in [2.05, 4.69) is 10.3 Å². The predicted molar refractivity (Wildman–Crippen MR) is 110 cm³/mol. The maximum atomic E-state index is 12.3. The second kappa shape index (κ2) is 8.83. The first-order valence-electron chi connectivity index (χ1n) is 8.83. The lowest BCUT2D eigenvalue weighted by molar-refractivity contribution is -0.255. The molecule has 29 heavy (non-hydrogen) atoms. The molecule has 1 amide bonds. The topological polar surface area (TPSA) is 100 Å². The van der Waals surface area contributed by atoms with Gasteiger partial charge in [-0.3, -0.25) is 4.79 Å². The third kappa shape index (κ3) is 4.78. The Bertz CT molecular complexity index is 1030. The zero-order chi connectivity index (χ0) is 21.0. The van der Waals surface area contributed by atoms with E-state index in [-0.39, 0.29) is 11.5 Å². The summed E-state index contributed by atoms with van der Waals surface area (Å²) in [6, 6.07) is 9.93. The molecule has 1 aliphatic rings. The van der Waals surface area contributed by atoms with Crippen molar-refractivity contribution >= 4 is 40.6 Å². The number of nitrogens with one attached hydrogen (secondary N) is 1. The standard InChI is InChI=1S/C21H20N2O5S/c1-4-28-16-8-6-13(9-17(16)27-3)10-18-19(24)23-21(29-18)22-15-11-14(20(25)26)7-5-12(15)2/h5-11H,4H2,1-3H3,(H,25,26)(H,22,23,24)/p-1/b18-10-. The molecule has 0 unspecified atom stereocenters. The number of carboxylic acid groups (broad SMARTS) is 1. The smallest absolute Gasteiger partial charge is 0.264 e. The van der Waals surface area contributed by atoms with E-state index in [4.69, 9.17) is 9.47 Å². The van der Waals surface area contributed by atoms with Crippen molar-refractivity contribution in [3.05, 3.63) is 58.0 Å². The van der Waals surface area contributed by atoms with E-state index in [1.807, 2.05) is 19.9 Å². The van der Waals surface area contributed by atoms with Gasteiger partial charge in [-0.15, -0.1) is 0 Å². The van der Waals surface area contributed by atoms with Crippen LogP contribution in [-0.2, 0) is 4.79 Å². The van der Waals surface area contributed by atoms with Crippen LogP contribution in [0.5, 0.6) is 11.5 Å². The van der Waals surface area contributed by atoms with Gasteiger partial charge in [0.15, 0.2) is 16.7 Å². The first-order chi connectivity index (χ1) is 13.9. The molecule has 0 spiro atoms. The van der Waals surface area contributed by atoms with Gasteiger partial charge < -0.3 is 24.7 Å². The van der Waals surface area contributed by atoms with Crippen molar-refractivity contribution < 1.29 is 24.2 Å². The average molecular weight is 411 g/mol. The van der Waals surface area contributed by atoms with Gasteiger partial charge in [-0.2, -0.15) is 0 Å². The van der Waals surface area contributed by atoms with E-state index >= 15 is 0 Å². The minimum Gasteiger partial charge on any atom is -0.545 e. The molecule has 1 N–H and O–H groups in total. The molecule has 2 aromatic carbocycles. The largest absolute Gasteiger partial charge is 0.545 e. The fourth-order valence-corrected chi connectivity index (χ4v) is 3.48. The number of nitrogens with zero attached hydrogens (tertiary/aromatic N) is 1. The number of hydrogen-bond donors (Lipinski definition) is 1. The second-order valence-corrected chi connectivity index (χ2v) is 7.14. The van der Waals surface area contributed by atoms with Gasteiger partial charge in [0.2, 0.25) is 0 Å². The molecular formula is C21H19N2O5S-. The molecule has 0 bridgehead atoms. The molecule has 8 heteroatoms. The van der Waals surface area contributed by atoms with Crippen LogP contribution in [0, 0.1) is 6.92 Å². The third-order valence-corrected chi connectivity index (χ3v) is 5.01. The van der Waals surface area contributed by atoms with E-state index in [1.165, 1.54) is 23.9 Å². The van der Waals surface area contributed by atoms with E-state index in [1.54, 1.807) is 31.4 Å². The molecule has 0 saturated carbocycles. The van der Waals surface area contributed by atoms with E-state index in [0.717, 1.165) is 11.1 Å². The highest BCUT2D eigenvalue weighted by molar-refractivity contribution is 8.18. The van der Waals surface area contributed by atoms with Crippen LogP contribution < -0.4 is 19.9 Å². The molecule has 0 atom stereocenters. The van der Waals surface area contributed by atoms with Crippen molar-refractivity contribution in [2.75, 3.05) is 13.7 Å². The van der Waals surface area contributed by atoms with Crippen LogP contribution in [-0.4, -0.2) is 30.8 Å². The SMILES string of the molecule is CCOc1ccc(/C=C2\SC(=Nc3cc(C(=O)[O-])ccc3C)NC2=O)cc1OC. The Morgan fingerprint density at radius 3 is 2.72 bits per heavy atom. The summed E-state index contributed by atoms with van der Waals surface area (Å²) in [5, 5.41) is 14.1. The number of thioether (sulfide) groups is 1. The highest BCUT2D eigenvalue weighted by Crippen LogP contribution is 2.32. The van der Waals surface area contributed by atoms with Gasteiger partial charge in [0, 0.05) is 0 Å². The van der Waals surface area contributed by atoms with Crippen LogP contribution in [0.15, 0.2) is 46.3 Å². The quantitative estimate of drug-likeness (QED) is 0.734. The molecule has 2 aromatic rings. The number of benzene rings is 2. The van der Waals surface area contributed by atoms with Crippen molar-refractivity contribution in [3.63, 3.8) is 0 Å². The monoisotopic (exact) mass is 411 g/mol. The average Bonchev–Trinajstić information content (AvgIpc) is 3.03. The number of amidine groups is 1. The number of amides is 1. The Morgan fingerprint density at radius 2 is 2.03 bits per heavy atom. The first-order valence-corrected chi connectivity index (χ1v) is 9.65. The van der Waals surface area contributed by atoms with Gasteiger partial charge in [0.05, 0.1) is 30.3 Å². The zero-order valence-electron chi connectivity index (χ0n) is 16.1. The number of aryl methyl sites for hydroxylation is 1. The minimum absolute atomic E-state index is 0.0292. The maximum Gasteiger partial charge on any atom is 0.264 e. The van der Waals surface area contributed by atoms with Gasteiger partial charge in [0.25, 0.3) is 5.91 Å². The highest BCUT2D eigenvalue weighted by Gasteiger charge is 2.24. The molecular weight excluding hydrogens is 392 g/mol. The van der Waals surface area contributed by atoms with E-state index in [0.29, 0.717) is 33.9 Å². The number of carbonyl (C=O) groups is 2. The van der Waals surface area contributed by atoms with Crippen molar-refractivity contribution in [2.45, 2.75) is 13.8 Å². The lowest BCUT2D eigenvalue weighted by Gasteiger charge is -2.09. The van der Waals surface area contributed by atoms with Crippen LogP contribution in [0.1, 0.15) is 28.4 Å². The van der Waals surface area contributed by atoms with E-state index in [9.17, 15) is 14.7 Å². The summed E-state index contributed by atoms with van der Waals surface area (Å²) in [5.74, 6) is -0.352. The van der Waals surface area contributed by atoms with Gasteiger partial charge in [-0.25, -0.2) is 4.99 Å². The predicted octanol–water partition coefficient (Wildman–Crippen LogP) is 2.66. The number of carbonyl (C=O) groups excluding carboxylic acids is 2. The number of methoxy groups -OCH3 is 1. The fraction of sp³-hybridized carbons (Fsp3) is 0.190. The summed E-state index contributed by atoms with van der Waals surface area (Å²) in [4.78, 5) is 28.2. The van der Waals surface area contributed by atoms with Crippen molar-refractivity contribution in [3.8, 4) is 11.5 Å². The van der Waals surface area contributed by atoms with Crippen molar-refractivity contribution in [1.82, 2.24) is 5.32 Å². The Kier molecular flexibility index (Phi) is 6.23. The number of carboxylic acids is 1. The minimum atomic E-state index is -1.28. The fourth-order valence-electron chi connectivity index (χ4n) is 2.65. The Balaban J connectivity index is 1.86. The Morgan fingerprint density at radius 1 is 1.24 bits per heavy atom. The normalized spacial score (nSPS) is 16.2. The van der Waals surface area contributed by atoms with Crippen LogP contribution in [0.2, 0.25) is 0 Å². The zero-order valence-corrected chi connectivity index (χ0v) is 17.0. The summed E-state index contributed by atoms with van der Waals surface area (Å²) in [7, 11) is 1.56. The molecule has 3 rings (SSSR count). The summed E-state index contributed by atoms with van der Waals surface area (Å²) in [6.45, 7) is 4.22. The number of rotatable bonds is 6. The number of hydrogen-bond acceptors (Lipinski definition) is 7. The highest BCUT2D eigenvalue weighted by atomic mass is 32.2. The van der Waals surface area contributed by atoms with Crippen LogP contribution in [0.3, 0.4) is 0 Å². The Hall–Kier alpha value is -3.26. The lowest BCUT2D eigenvalue weighted by atomic mass is 10.1. The van der Waals surface area contributed by atoms with Crippen LogP contribution in [0.4, 0.5) is 5.69 Å². The molecule has 0 radical (unpaired) electrons. The molecule has 150 valence electrons. The van der Waals surface area contributed by atoms with Gasteiger partial charge in [-0.05, 0) is 66.6 Å². The molecule has 0 aliphatic carbocycles. The molecule has 1 fully saturated rings. The van der Waals surface area contributed by atoms with Crippen LogP contribution in [0.25, 0.3) is 6.08 Å². The maximum absolute atomic E-state index is 12.3. The summed E-state index contributed by atoms with van der Waals surface area (Å²) in [5.41, 5.74) is 2.05. The molecule has 1 aliphatic heterocycles. The third-order valence-electron chi connectivity index (χ3n) is 4.10. The van der Waals surface area contributed by atoms with Crippen LogP contribution >= 0.6 is 11.8 Å². The van der Waals surface area contributed by atoms with Gasteiger partial charge in [-0.1, -0.05) is 18.2 Å². The van der Waals surface area contributed by atoms with Crippen molar-refractivity contribution in [1.29, 1.82) is 0 Å². The number of aromatic carboxylic acids is 1. The summed E-state index contributed by atoms with van der Waals surface area (Å²) < 4.78 is 10.8. The van der Waals surface area contributed by atoms with Gasteiger partial charge in [0.1, 0.15) is 0 Å². The number of aliphatic imine (C=N–C) groups is 1. The van der Waals surface area contributed by atoms with Gasteiger partial charge >= 0.3 is 0 Å². The summed E-state index contributed by atoms with van der Waals surface area (Å²) in [6.07, 6.45) is 1.73. The molecule has 1 heterocycles. The first kappa shape index (κ1) is 20.5. The van der Waals surface area contributed by atoms with Crippen molar-refractivity contribution in [2.24, 2.45) is 4.99 Å². The molecule has 7 nitrogen and oxygen atoms in total. The molecule has 0 aromatic heterocycles. The Labute approximate surface area is 172 Å².